The molecule has 2 rings (SSSR count). The number of benzene rings is 1. The Balaban J connectivity index is 2.29. The van der Waals surface area contributed by atoms with Crippen LogP contribution in [0.15, 0.2) is 18.2 Å². The van der Waals surface area contributed by atoms with Crippen LogP contribution in [-0.4, -0.2) is 38.9 Å². The van der Waals surface area contributed by atoms with Crippen molar-refractivity contribution in [3.8, 4) is 0 Å². The van der Waals surface area contributed by atoms with Crippen molar-refractivity contribution in [1.82, 2.24) is 19.9 Å². The second-order valence-corrected chi connectivity index (χ2v) is 4.71. The molecule has 0 bridgehead atoms. The SMILES string of the molecule is CCCN(CCC)C(=O)c1ccc2c(c1)nnn2C. The van der Waals surface area contributed by atoms with E-state index < -0.39 is 0 Å². The van der Waals surface area contributed by atoms with Gasteiger partial charge in [-0.15, -0.1) is 5.10 Å². The zero-order valence-corrected chi connectivity index (χ0v) is 11.8. The smallest absolute Gasteiger partial charge is 0.253 e. The minimum Gasteiger partial charge on any atom is -0.339 e. The van der Waals surface area contributed by atoms with Crippen LogP contribution in [0.2, 0.25) is 0 Å². The number of aryl methyl sites for hydroxylation is 1. The molecule has 5 nitrogen and oxygen atoms in total. The van der Waals surface area contributed by atoms with Gasteiger partial charge in [0.05, 0.1) is 5.52 Å². The first-order chi connectivity index (χ1) is 9.17. The molecule has 1 heterocycles. The molecule has 19 heavy (non-hydrogen) atoms. The quantitative estimate of drug-likeness (QED) is 0.828. The number of rotatable bonds is 5. The molecule has 0 N–H and O–H groups in total. The van der Waals surface area contributed by atoms with Crippen LogP contribution in [0, 0.1) is 0 Å². The summed E-state index contributed by atoms with van der Waals surface area (Å²) < 4.78 is 1.71. The summed E-state index contributed by atoms with van der Waals surface area (Å²) in [5.74, 6) is 0.0799. The molecule has 0 fully saturated rings. The molecule has 0 aliphatic heterocycles. The highest BCUT2D eigenvalue weighted by molar-refractivity contribution is 5.97. The number of hydrogen-bond acceptors (Lipinski definition) is 3. The highest BCUT2D eigenvalue weighted by atomic mass is 16.2. The fourth-order valence-corrected chi connectivity index (χ4v) is 2.21. The van der Waals surface area contributed by atoms with Gasteiger partial charge in [0.25, 0.3) is 5.91 Å². The molecule has 1 amide bonds. The van der Waals surface area contributed by atoms with E-state index in [0.717, 1.165) is 37.0 Å². The van der Waals surface area contributed by atoms with Gasteiger partial charge < -0.3 is 4.90 Å². The zero-order valence-electron chi connectivity index (χ0n) is 11.8. The minimum absolute atomic E-state index is 0.0799. The van der Waals surface area contributed by atoms with Gasteiger partial charge in [-0.25, -0.2) is 4.68 Å². The van der Waals surface area contributed by atoms with Crippen molar-refractivity contribution in [2.45, 2.75) is 26.7 Å². The first-order valence-electron chi connectivity index (χ1n) is 6.76. The van der Waals surface area contributed by atoms with Crippen molar-refractivity contribution in [2.75, 3.05) is 13.1 Å². The minimum atomic E-state index is 0.0799. The lowest BCUT2D eigenvalue weighted by Gasteiger charge is -2.21. The summed E-state index contributed by atoms with van der Waals surface area (Å²) in [4.78, 5) is 14.3. The molecule has 0 radical (unpaired) electrons. The number of amides is 1. The van der Waals surface area contributed by atoms with Gasteiger partial charge in [-0.3, -0.25) is 4.79 Å². The van der Waals surface area contributed by atoms with Crippen LogP contribution in [0.4, 0.5) is 0 Å². The molecule has 0 spiro atoms. The number of hydrogen-bond donors (Lipinski definition) is 0. The molecule has 102 valence electrons. The summed E-state index contributed by atoms with van der Waals surface area (Å²) in [6, 6.07) is 5.58. The third-order valence-electron chi connectivity index (χ3n) is 3.13. The first-order valence-corrected chi connectivity index (χ1v) is 6.76. The summed E-state index contributed by atoms with van der Waals surface area (Å²) in [6.45, 7) is 5.76. The van der Waals surface area contributed by atoms with Gasteiger partial charge in [0.15, 0.2) is 0 Å². The first kappa shape index (κ1) is 13.5. The predicted molar refractivity (Wildman–Crippen MR) is 75.0 cm³/mol. The van der Waals surface area contributed by atoms with Gasteiger partial charge in [-0.05, 0) is 31.0 Å². The Morgan fingerprint density at radius 2 is 1.95 bits per heavy atom. The van der Waals surface area contributed by atoms with E-state index in [4.69, 9.17) is 0 Å². The lowest BCUT2D eigenvalue weighted by molar-refractivity contribution is 0.0755. The molecular weight excluding hydrogens is 240 g/mol. The predicted octanol–water partition coefficient (Wildman–Crippen LogP) is 2.23. The van der Waals surface area contributed by atoms with Crippen LogP contribution < -0.4 is 0 Å². The van der Waals surface area contributed by atoms with E-state index in [1.165, 1.54) is 0 Å². The number of fused-ring (bicyclic) bond motifs is 1. The largest absolute Gasteiger partial charge is 0.339 e. The fourth-order valence-electron chi connectivity index (χ4n) is 2.21. The molecule has 0 saturated heterocycles. The van der Waals surface area contributed by atoms with Crippen molar-refractivity contribution in [3.05, 3.63) is 23.8 Å². The van der Waals surface area contributed by atoms with Crippen molar-refractivity contribution >= 4 is 16.9 Å². The maximum atomic E-state index is 12.4. The average molecular weight is 260 g/mol. The van der Waals surface area contributed by atoms with E-state index in [1.54, 1.807) is 4.68 Å². The Morgan fingerprint density at radius 1 is 1.26 bits per heavy atom. The average Bonchev–Trinajstić information content (AvgIpc) is 2.79. The molecule has 1 aromatic heterocycles. The highest BCUT2D eigenvalue weighted by Crippen LogP contribution is 2.14. The van der Waals surface area contributed by atoms with Gasteiger partial charge in [-0.1, -0.05) is 19.1 Å². The molecular formula is C14H20N4O. The number of carbonyl (C=O) groups is 1. The van der Waals surface area contributed by atoms with Gasteiger partial charge >= 0.3 is 0 Å². The standard InChI is InChI=1S/C14H20N4O/c1-4-8-18(9-5-2)14(19)11-6-7-13-12(10-11)15-16-17(13)3/h6-7,10H,4-5,8-9H2,1-3H3. The Hall–Kier alpha value is -1.91. The summed E-state index contributed by atoms with van der Waals surface area (Å²) in [7, 11) is 1.84. The summed E-state index contributed by atoms with van der Waals surface area (Å²) in [6.07, 6.45) is 1.94. The van der Waals surface area contributed by atoms with E-state index in [0.29, 0.717) is 5.56 Å². The van der Waals surface area contributed by atoms with Crippen molar-refractivity contribution in [2.24, 2.45) is 7.05 Å². The topological polar surface area (TPSA) is 51.0 Å². The maximum absolute atomic E-state index is 12.4. The molecule has 0 unspecified atom stereocenters. The van der Waals surface area contributed by atoms with Crippen LogP contribution in [-0.2, 0) is 7.05 Å². The van der Waals surface area contributed by atoms with Crippen LogP contribution in [0.1, 0.15) is 37.0 Å². The third kappa shape index (κ3) is 2.75. The van der Waals surface area contributed by atoms with Crippen LogP contribution >= 0.6 is 0 Å². The Kier molecular flexibility index (Phi) is 4.14. The number of nitrogens with zero attached hydrogens (tertiary/aromatic N) is 4. The zero-order chi connectivity index (χ0) is 13.8. The number of aromatic nitrogens is 3. The van der Waals surface area contributed by atoms with Crippen LogP contribution in [0.3, 0.4) is 0 Å². The summed E-state index contributed by atoms with van der Waals surface area (Å²) in [5.41, 5.74) is 2.39. The summed E-state index contributed by atoms with van der Waals surface area (Å²) >= 11 is 0. The van der Waals surface area contributed by atoms with Gasteiger partial charge in [-0.2, -0.15) is 0 Å². The maximum Gasteiger partial charge on any atom is 0.253 e. The third-order valence-corrected chi connectivity index (χ3v) is 3.13. The van der Waals surface area contributed by atoms with Gasteiger partial charge in [0.1, 0.15) is 5.52 Å². The van der Waals surface area contributed by atoms with Crippen LogP contribution in [0.25, 0.3) is 11.0 Å². The molecule has 5 heteroatoms. The van der Waals surface area contributed by atoms with Crippen molar-refractivity contribution in [3.63, 3.8) is 0 Å². The van der Waals surface area contributed by atoms with Crippen LogP contribution in [0.5, 0.6) is 0 Å². The van der Waals surface area contributed by atoms with Crippen molar-refractivity contribution < 1.29 is 4.79 Å². The van der Waals surface area contributed by atoms with E-state index >= 15 is 0 Å². The molecule has 0 saturated carbocycles. The van der Waals surface area contributed by atoms with Crippen molar-refractivity contribution in [1.29, 1.82) is 0 Å². The van der Waals surface area contributed by atoms with E-state index in [2.05, 4.69) is 24.2 Å². The Morgan fingerprint density at radius 3 is 2.58 bits per heavy atom. The molecule has 0 aliphatic carbocycles. The van der Waals surface area contributed by atoms with Gasteiger partial charge in [0, 0.05) is 25.7 Å². The molecule has 0 aliphatic rings. The van der Waals surface area contributed by atoms with E-state index in [-0.39, 0.29) is 5.91 Å². The van der Waals surface area contributed by atoms with E-state index in [9.17, 15) is 4.79 Å². The fraction of sp³-hybridized carbons (Fsp3) is 0.500. The van der Waals surface area contributed by atoms with Gasteiger partial charge in [0.2, 0.25) is 0 Å². The monoisotopic (exact) mass is 260 g/mol. The Bertz CT molecular complexity index is 570. The molecule has 0 atom stereocenters. The molecule has 1 aromatic carbocycles. The lowest BCUT2D eigenvalue weighted by Crippen LogP contribution is -2.32. The molecule has 2 aromatic rings. The lowest BCUT2D eigenvalue weighted by atomic mass is 10.1. The summed E-state index contributed by atoms with van der Waals surface area (Å²) in [5, 5.41) is 8.01. The van der Waals surface area contributed by atoms with E-state index in [1.807, 2.05) is 30.1 Å². The number of carbonyl (C=O) groups excluding carboxylic acids is 1. The highest BCUT2D eigenvalue weighted by Gasteiger charge is 2.15. The second kappa shape index (κ2) is 5.82. The second-order valence-electron chi connectivity index (χ2n) is 4.71. The normalized spacial score (nSPS) is 10.9. The Labute approximate surface area is 113 Å².